The van der Waals surface area contributed by atoms with Crippen molar-refractivity contribution >= 4 is 46.7 Å². The molecular formula is C26H17Cl2NO2. The second kappa shape index (κ2) is 8.81. The van der Waals surface area contributed by atoms with Gasteiger partial charge in [-0.3, -0.25) is 9.59 Å². The minimum atomic E-state index is -0.369. The molecule has 0 spiro atoms. The first-order chi connectivity index (χ1) is 14.9. The number of fused-ring (bicyclic) bond motifs is 1. The fraction of sp³-hybridized carbons (Fsp3) is 0.0769. The van der Waals surface area contributed by atoms with Crippen molar-refractivity contribution in [2.24, 2.45) is 0 Å². The van der Waals surface area contributed by atoms with Crippen LogP contribution in [0.1, 0.15) is 27.0 Å². The molecule has 0 aliphatic carbocycles. The van der Waals surface area contributed by atoms with E-state index in [-0.39, 0.29) is 17.3 Å². The molecule has 4 rings (SSSR count). The van der Waals surface area contributed by atoms with Gasteiger partial charge in [0, 0.05) is 24.6 Å². The molecule has 3 aromatic rings. The zero-order valence-electron chi connectivity index (χ0n) is 16.7. The molecule has 0 aromatic heterocycles. The minimum absolute atomic E-state index is 0.0720. The van der Waals surface area contributed by atoms with Crippen LogP contribution in [0.25, 0.3) is 6.08 Å². The first-order valence-electron chi connectivity index (χ1n) is 9.60. The molecule has 0 bridgehead atoms. The van der Waals surface area contributed by atoms with E-state index in [1.807, 2.05) is 36.4 Å². The fourth-order valence-corrected chi connectivity index (χ4v) is 3.67. The Bertz CT molecular complexity index is 1280. The number of hydrogen-bond acceptors (Lipinski definition) is 2. The van der Waals surface area contributed by atoms with Gasteiger partial charge in [0.15, 0.2) is 0 Å². The van der Waals surface area contributed by atoms with Gasteiger partial charge in [0.05, 0.1) is 21.3 Å². The molecule has 0 unspecified atom stereocenters. The van der Waals surface area contributed by atoms with E-state index >= 15 is 0 Å². The van der Waals surface area contributed by atoms with Gasteiger partial charge >= 0.3 is 0 Å². The Hall–Kier alpha value is -3.32. The Morgan fingerprint density at radius 2 is 1.71 bits per heavy atom. The SMILES string of the molecule is CN1C(=O)C(=Cc2ccc(Cl)c(Cl)c2)C(=O)c2cc(C#CCc3ccccc3)ccc21. The average molecular weight is 446 g/mol. The highest BCUT2D eigenvalue weighted by molar-refractivity contribution is 6.42. The minimum Gasteiger partial charge on any atom is -0.311 e. The summed E-state index contributed by atoms with van der Waals surface area (Å²) >= 11 is 12.0. The highest BCUT2D eigenvalue weighted by Crippen LogP contribution is 2.32. The van der Waals surface area contributed by atoms with E-state index in [4.69, 9.17) is 23.2 Å². The van der Waals surface area contributed by atoms with Crippen LogP contribution in [0.2, 0.25) is 10.0 Å². The van der Waals surface area contributed by atoms with Gasteiger partial charge in [-0.1, -0.05) is 71.4 Å². The number of nitrogens with zero attached hydrogens (tertiary/aromatic N) is 1. The lowest BCUT2D eigenvalue weighted by molar-refractivity contribution is -0.114. The normalized spacial score (nSPS) is 14.3. The summed E-state index contributed by atoms with van der Waals surface area (Å²) in [6.45, 7) is 0. The summed E-state index contributed by atoms with van der Waals surface area (Å²) in [5, 5.41) is 0.766. The van der Waals surface area contributed by atoms with Gasteiger partial charge in [-0.05, 0) is 47.5 Å². The van der Waals surface area contributed by atoms with E-state index < -0.39 is 0 Å². The van der Waals surface area contributed by atoms with E-state index in [1.165, 1.54) is 4.90 Å². The molecule has 0 fully saturated rings. The number of rotatable bonds is 2. The van der Waals surface area contributed by atoms with Crippen LogP contribution in [0, 0.1) is 11.8 Å². The number of benzene rings is 3. The van der Waals surface area contributed by atoms with Crippen LogP contribution in [-0.2, 0) is 11.2 Å². The predicted octanol–water partition coefficient (Wildman–Crippen LogP) is 5.83. The highest BCUT2D eigenvalue weighted by atomic mass is 35.5. The van der Waals surface area contributed by atoms with Crippen LogP contribution in [0.5, 0.6) is 0 Å². The summed E-state index contributed by atoms with van der Waals surface area (Å²) < 4.78 is 0. The molecule has 1 aliphatic rings. The van der Waals surface area contributed by atoms with E-state index in [9.17, 15) is 9.59 Å². The lowest BCUT2D eigenvalue weighted by Gasteiger charge is -2.26. The molecule has 0 atom stereocenters. The summed E-state index contributed by atoms with van der Waals surface area (Å²) in [6, 6.07) is 20.2. The maximum absolute atomic E-state index is 13.2. The Morgan fingerprint density at radius 1 is 0.935 bits per heavy atom. The molecule has 1 heterocycles. The third kappa shape index (κ3) is 4.41. The molecule has 1 aliphatic heterocycles. The quantitative estimate of drug-likeness (QED) is 0.282. The molecule has 0 radical (unpaired) electrons. The Labute approximate surface area is 190 Å². The molecular weight excluding hydrogens is 429 g/mol. The number of Topliss-reactive ketones (excluding diaryl/α,β-unsaturated/α-hetero) is 1. The number of halogens is 2. The molecule has 0 saturated heterocycles. The van der Waals surface area contributed by atoms with Crippen molar-refractivity contribution < 1.29 is 9.59 Å². The van der Waals surface area contributed by atoms with E-state index in [1.54, 1.807) is 43.5 Å². The van der Waals surface area contributed by atoms with Gasteiger partial charge in [0.25, 0.3) is 5.91 Å². The van der Waals surface area contributed by atoms with Crippen molar-refractivity contribution in [2.45, 2.75) is 6.42 Å². The van der Waals surface area contributed by atoms with Crippen LogP contribution >= 0.6 is 23.2 Å². The molecule has 5 heteroatoms. The number of carbonyl (C=O) groups excluding carboxylic acids is 2. The number of amides is 1. The van der Waals surface area contributed by atoms with Crippen LogP contribution in [0.3, 0.4) is 0 Å². The van der Waals surface area contributed by atoms with Crippen LogP contribution in [0.4, 0.5) is 5.69 Å². The Morgan fingerprint density at radius 3 is 2.45 bits per heavy atom. The summed E-state index contributed by atoms with van der Waals surface area (Å²) in [4.78, 5) is 27.4. The topological polar surface area (TPSA) is 37.4 Å². The lowest BCUT2D eigenvalue weighted by Crippen LogP contribution is -2.36. The van der Waals surface area contributed by atoms with E-state index in [2.05, 4.69) is 11.8 Å². The first kappa shape index (κ1) is 20.9. The van der Waals surface area contributed by atoms with Gasteiger partial charge in [-0.15, -0.1) is 0 Å². The van der Waals surface area contributed by atoms with Gasteiger partial charge in [0.1, 0.15) is 0 Å². The third-order valence-corrected chi connectivity index (χ3v) is 5.74. The lowest BCUT2D eigenvalue weighted by atomic mass is 9.92. The number of likely N-dealkylation sites (N-methyl/N-ethyl adjacent to an activating group) is 1. The van der Waals surface area contributed by atoms with Crippen molar-refractivity contribution in [1.29, 1.82) is 0 Å². The van der Waals surface area contributed by atoms with E-state index in [0.717, 1.165) is 11.1 Å². The molecule has 0 saturated carbocycles. The predicted molar refractivity (Wildman–Crippen MR) is 126 cm³/mol. The van der Waals surface area contributed by atoms with Gasteiger partial charge < -0.3 is 4.90 Å². The zero-order chi connectivity index (χ0) is 22.0. The van der Waals surface area contributed by atoms with Crippen molar-refractivity contribution in [3.8, 4) is 11.8 Å². The number of hydrogen-bond donors (Lipinski definition) is 0. The summed E-state index contributed by atoms with van der Waals surface area (Å²) in [5.74, 6) is 5.54. The molecule has 0 N–H and O–H groups in total. The maximum atomic E-state index is 13.2. The number of carbonyl (C=O) groups is 2. The van der Waals surface area contributed by atoms with Gasteiger partial charge in [-0.25, -0.2) is 0 Å². The Kier molecular flexibility index (Phi) is 5.95. The van der Waals surface area contributed by atoms with Crippen LogP contribution in [0.15, 0.2) is 72.3 Å². The van der Waals surface area contributed by atoms with Crippen molar-refractivity contribution in [3.63, 3.8) is 0 Å². The molecule has 1 amide bonds. The van der Waals surface area contributed by atoms with Crippen LogP contribution < -0.4 is 4.90 Å². The second-order valence-electron chi connectivity index (χ2n) is 7.12. The average Bonchev–Trinajstić information content (AvgIpc) is 2.78. The Balaban J connectivity index is 1.67. The van der Waals surface area contributed by atoms with Gasteiger partial charge in [0.2, 0.25) is 5.78 Å². The van der Waals surface area contributed by atoms with Crippen molar-refractivity contribution in [3.05, 3.63) is 105 Å². The molecule has 152 valence electrons. The number of ketones is 1. The van der Waals surface area contributed by atoms with E-state index in [0.29, 0.717) is 33.3 Å². The summed E-state index contributed by atoms with van der Waals surface area (Å²) in [7, 11) is 1.65. The standard InChI is InChI=1S/C26H17Cl2NO2/c1-29-24-13-11-18(9-5-8-17-6-3-2-4-7-17)14-20(24)25(30)21(26(29)31)15-19-10-12-22(27)23(28)16-19/h2-4,6-7,10-16H,8H2,1H3. The maximum Gasteiger partial charge on any atom is 0.262 e. The fourth-order valence-electron chi connectivity index (χ4n) is 3.36. The summed E-state index contributed by atoms with van der Waals surface area (Å²) in [6.07, 6.45) is 2.16. The second-order valence-corrected chi connectivity index (χ2v) is 7.94. The van der Waals surface area contributed by atoms with Crippen molar-refractivity contribution in [1.82, 2.24) is 0 Å². The summed E-state index contributed by atoms with van der Waals surface area (Å²) in [5.41, 5.74) is 3.56. The van der Waals surface area contributed by atoms with Crippen molar-refractivity contribution in [2.75, 3.05) is 11.9 Å². The largest absolute Gasteiger partial charge is 0.311 e. The third-order valence-electron chi connectivity index (χ3n) is 5.00. The molecule has 31 heavy (non-hydrogen) atoms. The molecule has 3 nitrogen and oxygen atoms in total. The molecule has 3 aromatic carbocycles. The smallest absolute Gasteiger partial charge is 0.262 e. The number of anilines is 1. The first-order valence-corrected chi connectivity index (χ1v) is 10.4. The van der Waals surface area contributed by atoms with Crippen LogP contribution in [-0.4, -0.2) is 18.7 Å². The van der Waals surface area contributed by atoms with Gasteiger partial charge in [-0.2, -0.15) is 0 Å². The zero-order valence-corrected chi connectivity index (χ0v) is 18.2. The monoisotopic (exact) mass is 445 g/mol. The highest BCUT2D eigenvalue weighted by Gasteiger charge is 2.32.